The molecule has 0 radical (unpaired) electrons. The minimum atomic E-state index is -0.359. The lowest BCUT2D eigenvalue weighted by molar-refractivity contribution is 0.392. The van der Waals surface area contributed by atoms with Crippen molar-refractivity contribution in [3.63, 3.8) is 0 Å². The van der Waals surface area contributed by atoms with Gasteiger partial charge in [-0.3, -0.25) is 4.79 Å². The molecule has 3 nitrogen and oxygen atoms in total. The Morgan fingerprint density at radius 3 is 2.75 bits per heavy atom. The SMILES string of the molecule is CCCc1cc(=O)c(O)c(C)o1. The molecule has 0 saturated carbocycles. The maximum Gasteiger partial charge on any atom is 0.227 e. The van der Waals surface area contributed by atoms with Gasteiger partial charge in [-0.25, -0.2) is 0 Å². The standard InChI is InChI=1S/C9H12O3/c1-3-4-7-5-8(10)9(11)6(2)12-7/h5,11H,3-4H2,1-2H3. The third-order valence-corrected chi connectivity index (χ3v) is 1.64. The molecule has 0 amide bonds. The Hall–Kier alpha value is -1.25. The molecular formula is C9H12O3. The van der Waals surface area contributed by atoms with Gasteiger partial charge in [0.05, 0.1) is 0 Å². The van der Waals surface area contributed by atoms with Crippen molar-refractivity contribution in [1.29, 1.82) is 0 Å². The molecule has 1 N–H and O–H groups in total. The van der Waals surface area contributed by atoms with Gasteiger partial charge in [0.25, 0.3) is 0 Å². The second-order valence-corrected chi connectivity index (χ2v) is 2.73. The van der Waals surface area contributed by atoms with Crippen LogP contribution < -0.4 is 5.43 Å². The van der Waals surface area contributed by atoms with E-state index in [1.165, 1.54) is 6.07 Å². The predicted octanol–water partition coefficient (Wildman–Crippen LogP) is 1.61. The topological polar surface area (TPSA) is 50.4 Å². The van der Waals surface area contributed by atoms with Crippen LogP contribution in [0.4, 0.5) is 0 Å². The number of aryl methyl sites for hydroxylation is 2. The summed E-state index contributed by atoms with van der Waals surface area (Å²) in [5, 5.41) is 9.09. The summed E-state index contributed by atoms with van der Waals surface area (Å²) in [5.41, 5.74) is -0.359. The Morgan fingerprint density at radius 2 is 2.25 bits per heavy atom. The second-order valence-electron chi connectivity index (χ2n) is 2.73. The molecule has 3 heteroatoms. The van der Waals surface area contributed by atoms with Crippen molar-refractivity contribution in [3.05, 3.63) is 27.8 Å². The first-order valence-electron chi connectivity index (χ1n) is 3.97. The fourth-order valence-corrected chi connectivity index (χ4v) is 1.03. The maximum absolute atomic E-state index is 11.0. The van der Waals surface area contributed by atoms with E-state index in [1.807, 2.05) is 6.92 Å². The van der Waals surface area contributed by atoms with Crippen molar-refractivity contribution in [2.24, 2.45) is 0 Å². The predicted molar refractivity (Wildman–Crippen MR) is 45.4 cm³/mol. The van der Waals surface area contributed by atoms with Gasteiger partial charge < -0.3 is 9.52 Å². The molecule has 0 atom stereocenters. The average molecular weight is 168 g/mol. The molecule has 66 valence electrons. The van der Waals surface area contributed by atoms with Gasteiger partial charge in [0.2, 0.25) is 11.2 Å². The van der Waals surface area contributed by atoms with Crippen molar-refractivity contribution in [1.82, 2.24) is 0 Å². The van der Waals surface area contributed by atoms with Gasteiger partial charge in [-0.2, -0.15) is 0 Å². The molecule has 0 spiro atoms. The zero-order valence-electron chi connectivity index (χ0n) is 7.26. The van der Waals surface area contributed by atoms with Gasteiger partial charge in [0.1, 0.15) is 11.5 Å². The Labute approximate surface area is 70.7 Å². The third kappa shape index (κ3) is 1.67. The van der Waals surface area contributed by atoms with Crippen LogP contribution in [-0.4, -0.2) is 5.11 Å². The lowest BCUT2D eigenvalue weighted by atomic mass is 10.2. The molecule has 0 fully saturated rings. The van der Waals surface area contributed by atoms with Crippen LogP contribution in [0.15, 0.2) is 15.3 Å². The largest absolute Gasteiger partial charge is 0.502 e. The third-order valence-electron chi connectivity index (χ3n) is 1.64. The Balaban J connectivity index is 3.13. The summed E-state index contributed by atoms with van der Waals surface area (Å²) >= 11 is 0. The van der Waals surface area contributed by atoms with E-state index in [4.69, 9.17) is 9.52 Å². The van der Waals surface area contributed by atoms with Crippen molar-refractivity contribution < 1.29 is 9.52 Å². The van der Waals surface area contributed by atoms with Crippen LogP contribution in [0.1, 0.15) is 24.9 Å². The van der Waals surface area contributed by atoms with Gasteiger partial charge in [0.15, 0.2) is 0 Å². The highest BCUT2D eigenvalue weighted by Crippen LogP contribution is 2.12. The maximum atomic E-state index is 11.0. The van der Waals surface area contributed by atoms with Crippen molar-refractivity contribution >= 4 is 0 Å². The van der Waals surface area contributed by atoms with Crippen molar-refractivity contribution in [2.45, 2.75) is 26.7 Å². The molecular weight excluding hydrogens is 156 g/mol. The quantitative estimate of drug-likeness (QED) is 0.729. The average Bonchev–Trinajstić information content (AvgIpc) is 2.01. The molecule has 1 aromatic heterocycles. The Kier molecular flexibility index (Phi) is 2.53. The van der Waals surface area contributed by atoms with Crippen LogP contribution in [0.3, 0.4) is 0 Å². The van der Waals surface area contributed by atoms with Gasteiger partial charge in [-0.05, 0) is 13.3 Å². The molecule has 0 aromatic carbocycles. The molecule has 12 heavy (non-hydrogen) atoms. The van der Waals surface area contributed by atoms with Crippen LogP contribution in [0, 0.1) is 6.92 Å². The van der Waals surface area contributed by atoms with Crippen LogP contribution >= 0.6 is 0 Å². The smallest absolute Gasteiger partial charge is 0.227 e. The van der Waals surface area contributed by atoms with Gasteiger partial charge in [0, 0.05) is 12.5 Å². The summed E-state index contributed by atoms with van der Waals surface area (Å²) in [6.45, 7) is 3.58. The van der Waals surface area contributed by atoms with E-state index in [-0.39, 0.29) is 11.2 Å². The molecule has 0 aliphatic heterocycles. The highest BCUT2D eigenvalue weighted by Gasteiger charge is 2.05. The molecule has 0 bridgehead atoms. The summed E-state index contributed by atoms with van der Waals surface area (Å²) < 4.78 is 5.18. The van der Waals surface area contributed by atoms with Crippen molar-refractivity contribution in [2.75, 3.05) is 0 Å². The molecule has 1 rings (SSSR count). The van der Waals surface area contributed by atoms with E-state index in [9.17, 15) is 4.79 Å². The first kappa shape index (κ1) is 8.84. The minimum absolute atomic E-state index is 0.283. The van der Waals surface area contributed by atoms with Crippen LogP contribution in [0.25, 0.3) is 0 Å². The lowest BCUT2D eigenvalue weighted by Crippen LogP contribution is -2.02. The monoisotopic (exact) mass is 168 g/mol. The molecule has 1 heterocycles. The summed E-state index contributed by atoms with van der Waals surface area (Å²) in [5.74, 6) is 0.651. The van der Waals surface area contributed by atoms with Crippen LogP contribution in [0.2, 0.25) is 0 Å². The highest BCUT2D eigenvalue weighted by molar-refractivity contribution is 5.23. The number of hydrogen-bond donors (Lipinski definition) is 1. The number of rotatable bonds is 2. The highest BCUT2D eigenvalue weighted by atomic mass is 16.4. The molecule has 0 aliphatic rings. The van der Waals surface area contributed by atoms with E-state index in [0.29, 0.717) is 11.5 Å². The Morgan fingerprint density at radius 1 is 1.58 bits per heavy atom. The molecule has 0 unspecified atom stereocenters. The summed E-state index contributed by atoms with van der Waals surface area (Å²) in [4.78, 5) is 11.0. The fraction of sp³-hybridized carbons (Fsp3) is 0.444. The second kappa shape index (κ2) is 3.43. The fourth-order valence-electron chi connectivity index (χ4n) is 1.03. The van der Waals surface area contributed by atoms with E-state index < -0.39 is 0 Å². The zero-order chi connectivity index (χ0) is 9.14. The summed E-state index contributed by atoms with van der Waals surface area (Å²) in [7, 11) is 0. The van der Waals surface area contributed by atoms with E-state index >= 15 is 0 Å². The van der Waals surface area contributed by atoms with Gasteiger partial charge >= 0.3 is 0 Å². The number of hydrogen-bond acceptors (Lipinski definition) is 3. The lowest BCUT2D eigenvalue weighted by Gasteiger charge is -2.00. The Bertz CT molecular complexity index is 325. The summed E-state index contributed by atoms with van der Waals surface area (Å²) in [6, 6.07) is 1.34. The molecule has 0 saturated heterocycles. The molecule has 1 aromatic rings. The zero-order valence-corrected chi connectivity index (χ0v) is 7.26. The van der Waals surface area contributed by atoms with Crippen molar-refractivity contribution in [3.8, 4) is 5.75 Å². The van der Waals surface area contributed by atoms with Gasteiger partial charge in [-0.1, -0.05) is 6.92 Å². The van der Waals surface area contributed by atoms with Crippen LogP contribution in [0.5, 0.6) is 5.75 Å². The normalized spacial score (nSPS) is 10.2. The number of aromatic hydroxyl groups is 1. The van der Waals surface area contributed by atoms with Gasteiger partial charge in [-0.15, -0.1) is 0 Å². The first-order valence-corrected chi connectivity index (χ1v) is 3.97. The van der Waals surface area contributed by atoms with Crippen LogP contribution in [-0.2, 0) is 6.42 Å². The summed E-state index contributed by atoms with van der Waals surface area (Å²) in [6.07, 6.45) is 1.66. The molecule has 0 aliphatic carbocycles. The van der Waals surface area contributed by atoms with E-state index in [2.05, 4.69) is 0 Å². The van der Waals surface area contributed by atoms with E-state index in [0.717, 1.165) is 12.8 Å². The first-order chi connectivity index (χ1) is 5.65. The van der Waals surface area contributed by atoms with E-state index in [1.54, 1.807) is 6.92 Å². The minimum Gasteiger partial charge on any atom is -0.502 e.